The number of ether oxygens (including phenoxy) is 1. The fourth-order valence-electron chi connectivity index (χ4n) is 3.08. The molecule has 176 valence electrons. The Balaban J connectivity index is 1.36. The van der Waals surface area contributed by atoms with Gasteiger partial charge in [0.1, 0.15) is 10.6 Å². The van der Waals surface area contributed by atoms with Crippen LogP contribution in [0.5, 0.6) is 5.75 Å². The van der Waals surface area contributed by atoms with E-state index in [1.807, 2.05) is 24.3 Å². The molecule has 0 saturated carbocycles. The topological polar surface area (TPSA) is 96.9 Å². The van der Waals surface area contributed by atoms with E-state index < -0.39 is 11.9 Å². The van der Waals surface area contributed by atoms with Crippen LogP contribution in [0.1, 0.15) is 25.6 Å². The molecule has 7 nitrogen and oxygen atoms in total. The third-order valence-corrected chi connectivity index (χ3v) is 6.88. The Morgan fingerprint density at radius 3 is 2.60 bits per heavy atom. The maximum absolute atomic E-state index is 12.8. The average Bonchev–Trinajstić information content (AvgIpc) is 3.20. The predicted molar refractivity (Wildman–Crippen MR) is 140 cm³/mol. The number of benzene rings is 3. The summed E-state index contributed by atoms with van der Waals surface area (Å²) in [6, 6.07) is 21.0. The lowest BCUT2D eigenvalue weighted by atomic mass is 10.2. The van der Waals surface area contributed by atoms with Gasteiger partial charge >= 0.3 is 5.97 Å². The SMILES string of the molecule is O=C(CNC(=O)c1cccc(Br)c1)N/N=C\c1ccccc1OC(=O)c1sc2ccccc2c1Cl. The fourth-order valence-corrected chi connectivity index (χ4v) is 4.86. The van der Waals surface area contributed by atoms with Gasteiger partial charge in [-0.1, -0.05) is 63.9 Å². The summed E-state index contributed by atoms with van der Waals surface area (Å²) in [6.45, 7) is -0.260. The monoisotopic (exact) mass is 569 g/mol. The first-order valence-corrected chi connectivity index (χ1v) is 12.2. The number of halogens is 2. The number of amides is 2. The Hall–Kier alpha value is -3.53. The third kappa shape index (κ3) is 6.13. The molecular formula is C25H17BrClN3O4S. The number of fused-ring (bicyclic) bond motifs is 1. The van der Waals surface area contributed by atoms with Crippen molar-refractivity contribution in [1.29, 1.82) is 0 Å². The molecule has 0 spiro atoms. The summed E-state index contributed by atoms with van der Waals surface area (Å²) in [4.78, 5) is 37.3. The van der Waals surface area contributed by atoms with Crippen LogP contribution >= 0.6 is 38.9 Å². The van der Waals surface area contributed by atoms with E-state index in [4.69, 9.17) is 16.3 Å². The van der Waals surface area contributed by atoms with E-state index in [0.29, 0.717) is 21.0 Å². The first kappa shape index (κ1) is 24.6. The highest BCUT2D eigenvalue weighted by atomic mass is 79.9. The number of hydrogen-bond acceptors (Lipinski definition) is 6. The van der Waals surface area contributed by atoms with Crippen LogP contribution in [0.25, 0.3) is 10.1 Å². The van der Waals surface area contributed by atoms with Crippen molar-refractivity contribution in [3.05, 3.63) is 98.3 Å². The van der Waals surface area contributed by atoms with Crippen LogP contribution in [-0.4, -0.2) is 30.5 Å². The number of esters is 1. The van der Waals surface area contributed by atoms with E-state index in [2.05, 4.69) is 31.8 Å². The fraction of sp³-hybridized carbons (Fsp3) is 0.0400. The van der Waals surface area contributed by atoms with E-state index in [9.17, 15) is 14.4 Å². The predicted octanol–water partition coefficient (Wildman–Crippen LogP) is 5.42. The largest absolute Gasteiger partial charge is 0.422 e. The van der Waals surface area contributed by atoms with Crippen molar-refractivity contribution in [2.75, 3.05) is 6.54 Å². The first-order valence-electron chi connectivity index (χ1n) is 10.3. The molecule has 0 aliphatic rings. The quantitative estimate of drug-likeness (QED) is 0.134. The molecule has 2 N–H and O–H groups in total. The van der Waals surface area contributed by atoms with Crippen LogP contribution in [0.3, 0.4) is 0 Å². The van der Waals surface area contributed by atoms with E-state index in [1.54, 1.807) is 48.5 Å². The van der Waals surface area contributed by atoms with E-state index in [0.717, 1.165) is 14.6 Å². The van der Waals surface area contributed by atoms with E-state index in [-0.39, 0.29) is 18.2 Å². The molecule has 1 aromatic heterocycles. The number of hydrazone groups is 1. The zero-order valence-electron chi connectivity index (χ0n) is 18.0. The number of nitrogens with one attached hydrogen (secondary N) is 2. The molecule has 0 atom stereocenters. The number of carbonyl (C=O) groups excluding carboxylic acids is 3. The van der Waals surface area contributed by atoms with Crippen LogP contribution in [0.15, 0.2) is 82.4 Å². The van der Waals surface area contributed by atoms with Gasteiger partial charge in [-0.2, -0.15) is 5.10 Å². The van der Waals surface area contributed by atoms with Crippen molar-refractivity contribution in [2.45, 2.75) is 0 Å². The molecule has 0 fully saturated rings. The van der Waals surface area contributed by atoms with Crippen molar-refractivity contribution in [3.8, 4) is 5.75 Å². The molecule has 0 unspecified atom stereocenters. The number of para-hydroxylation sites is 1. The highest BCUT2D eigenvalue weighted by molar-refractivity contribution is 9.10. The average molecular weight is 571 g/mol. The molecule has 0 radical (unpaired) electrons. The zero-order chi connectivity index (χ0) is 24.8. The van der Waals surface area contributed by atoms with Gasteiger partial charge in [-0.15, -0.1) is 11.3 Å². The van der Waals surface area contributed by atoms with E-state index in [1.165, 1.54) is 17.6 Å². The molecule has 10 heteroatoms. The molecule has 0 saturated heterocycles. The summed E-state index contributed by atoms with van der Waals surface area (Å²) in [7, 11) is 0. The van der Waals surface area contributed by atoms with Gasteiger partial charge in [0.15, 0.2) is 0 Å². The molecule has 3 aromatic carbocycles. The van der Waals surface area contributed by atoms with Crippen LogP contribution in [0.2, 0.25) is 5.02 Å². The van der Waals surface area contributed by atoms with Crippen LogP contribution < -0.4 is 15.5 Å². The first-order chi connectivity index (χ1) is 16.9. The number of hydrogen-bond donors (Lipinski definition) is 2. The molecular weight excluding hydrogens is 554 g/mol. The maximum Gasteiger partial charge on any atom is 0.355 e. The van der Waals surface area contributed by atoms with Crippen LogP contribution in [0, 0.1) is 0 Å². The van der Waals surface area contributed by atoms with Crippen LogP contribution in [0.4, 0.5) is 0 Å². The lowest BCUT2D eigenvalue weighted by Gasteiger charge is -2.07. The highest BCUT2D eigenvalue weighted by Crippen LogP contribution is 2.36. The highest BCUT2D eigenvalue weighted by Gasteiger charge is 2.19. The number of carbonyl (C=O) groups is 3. The molecule has 1 heterocycles. The minimum Gasteiger partial charge on any atom is -0.422 e. The molecule has 4 aromatic rings. The van der Waals surface area contributed by atoms with Gasteiger partial charge in [-0.05, 0) is 36.4 Å². The Morgan fingerprint density at radius 1 is 1.03 bits per heavy atom. The van der Waals surface area contributed by atoms with Gasteiger partial charge in [0.25, 0.3) is 11.8 Å². The molecule has 0 bridgehead atoms. The second kappa shape index (κ2) is 11.3. The summed E-state index contributed by atoms with van der Waals surface area (Å²) in [5.74, 6) is -1.23. The smallest absolute Gasteiger partial charge is 0.355 e. The lowest BCUT2D eigenvalue weighted by Crippen LogP contribution is -2.34. The number of rotatable bonds is 7. The van der Waals surface area contributed by atoms with Crippen molar-refractivity contribution < 1.29 is 19.1 Å². The Bertz CT molecular complexity index is 1450. The maximum atomic E-state index is 12.8. The molecule has 35 heavy (non-hydrogen) atoms. The molecule has 0 aliphatic heterocycles. The minimum atomic E-state index is -0.587. The second-order valence-electron chi connectivity index (χ2n) is 7.15. The van der Waals surface area contributed by atoms with Crippen LogP contribution in [-0.2, 0) is 4.79 Å². The Kier molecular flexibility index (Phi) is 7.91. The summed E-state index contributed by atoms with van der Waals surface area (Å²) >= 11 is 10.9. The van der Waals surface area contributed by atoms with Crippen molar-refractivity contribution in [3.63, 3.8) is 0 Å². The van der Waals surface area contributed by atoms with Crippen molar-refractivity contribution >= 4 is 73.0 Å². The molecule has 0 aliphatic carbocycles. The third-order valence-electron chi connectivity index (χ3n) is 4.73. The summed E-state index contributed by atoms with van der Waals surface area (Å²) in [5, 5.41) is 7.56. The van der Waals surface area contributed by atoms with Gasteiger partial charge in [0.05, 0.1) is 17.8 Å². The van der Waals surface area contributed by atoms with Gasteiger partial charge in [0, 0.05) is 25.7 Å². The van der Waals surface area contributed by atoms with Gasteiger partial charge < -0.3 is 10.1 Å². The summed E-state index contributed by atoms with van der Waals surface area (Å²) in [5.41, 5.74) is 3.23. The molecule has 4 rings (SSSR count). The minimum absolute atomic E-state index is 0.256. The van der Waals surface area contributed by atoms with Gasteiger partial charge in [-0.25, -0.2) is 10.2 Å². The number of thiophene rings is 1. The Morgan fingerprint density at radius 2 is 1.80 bits per heavy atom. The van der Waals surface area contributed by atoms with Gasteiger partial charge in [0.2, 0.25) is 0 Å². The Labute approximate surface area is 217 Å². The standard InChI is InChI=1S/C25H17BrClN3O4S/c26-17-8-5-7-15(12-17)24(32)28-14-21(31)30-29-13-16-6-1-3-10-19(16)34-25(33)23-22(27)18-9-2-4-11-20(18)35-23/h1-13H,14H2,(H,28,32)(H,30,31)/b29-13-. The zero-order valence-corrected chi connectivity index (χ0v) is 21.1. The van der Waals surface area contributed by atoms with Crippen molar-refractivity contribution in [2.24, 2.45) is 5.10 Å². The normalized spacial score (nSPS) is 10.9. The number of nitrogens with zero attached hydrogens (tertiary/aromatic N) is 1. The van der Waals surface area contributed by atoms with Gasteiger partial charge in [-0.3, -0.25) is 9.59 Å². The lowest BCUT2D eigenvalue weighted by molar-refractivity contribution is -0.120. The van der Waals surface area contributed by atoms with Crippen molar-refractivity contribution in [1.82, 2.24) is 10.7 Å². The van der Waals surface area contributed by atoms with E-state index >= 15 is 0 Å². The summed E-state index contributed by atoms with van der Waals surface area (Å²) < 4.78 is 7.20. The second-order valence-corrected chi connectivity index (χ2v) is 9.50. The molecule has 2 amide bonds. The summed E-state index contributed by atoms with van der Waals surface area (Å²) in [6.07, 6.45) is 1.35.